The molecule has 0 bridgehead atoms. The first kappa shape index (κ1) is 15.8. The molecule has 0 saturated heterocycles. The molecular weight excluding hydrogens is 256 g/mol. The fourth-order valence-electron chi connectivity index (χ4n) is 1.49. The van der Waals surface area contributed by atoms with Crippen molar-refractivity contribution in [2.45, 2.75) is 26.0 Å². The monoisotopic (exact) mass is 275 g/mol. The van der Waals surface area contributed by atoms with Gasteiger partial charge in [0.15, 0.2) is 17.4 Å². The number of halogens is 2. The van der Waals surface area contributed by atoms with Gasteiger partial charge in [-0.1, -0.05) is 6.92 Å². The minimum absolute atomic E-state index is 0.363. The smallest absolute Gasteiger partial charge is 0.190 e. The first-order valence-corrected chi connectivity index (χ1v) is 6.18. The van der Waals surface area contributed by atoms with E-state index in [1.54, 1.807) is 0 Å². The van der Waals surface area contributed by atoms with Gasteiger partial charge in [-0.05, 0) is 30.7 Å². The molecule has 1 aromatic rings. The summed E-state index contributed by atoms with van der Waals surface area (Å²) >= 11 is 0. The van der Waals surface area contributed by atoms with E-state index < -0.39 is 30.1 Å². The van der Waals surface area contributed by atoms with Crippen LogP contribution in [0.25, 0.3) is 0 Å². The van der Waals surface area contributed by atoms with E-state index in [0.29, 0.717) is 12.1 Å². The SMILES string of the molecule is CCCNCc1cc(F)c(OCC(O)CO)c(F)c1. The highest BCUT2D eigenvalue weighted by atomic mass is 19.1. The number of rotatable bonds is 8. The molecule has 0 aromatic heterocycles. The van der Waals surface area contributed by atoms with Crippen LogP contribution in [-0.2, 0) is 6.54 Å². The lowest BCUT2D eigenvalue weighted by molar-refractivity contribution is 0.0509. The lowest BCUT2D eigenvalue weighted by Crippen LogP contribution is -2.22. The first-order chi connectivity index (χ1) is 9.08. The molecule has 0 heterocycles. The van der Waals surface area contributed by atoms with Crippen LogP contribution in [0.3, 0.4) is 0 Å². The second-order valence-electron chi connectivity index (χ2n) is 4.21. The fraction of sp³-hybridized carbons (Fsp3) is 0.538. The Morgan fingerprint density at radius 2 is 1.95 bits per heavy atom. The zero-order valence-electron chi connectivity index (χ0n) is 10.8. The van der Waals surface area contributed by atoms with Crippen molar-refractivity contribution in [3.63, 3.8) is 0 Å². The number of benzene rings is 1. The summed E-state index contributed by atoms with van der Waals surface area (Å²) in [4.78, 5) is 0. The molecule has 6 heteroatoms. The van der Waals surface area contributed by atoms with Crippen molar-refractivity contribution in [1.29, 1.82) is 0 Å². The van der Waals surface area contributed by atoms with E-state index >= 15 is 0 Å². The van der Waals surface area contributed by atoms with E-state index in [-0.39, 0.29) is 6.61 Å². The molecule has 0 amide bonds. The van der Waals surface area contributed by atoms with Gasteiger partial charge in [0.05, 0.1) is 6.61 Å². The average Bonchev–Trinajstić information content (AvgIpc) is 2.37. The van der Waals surface area contributed by atoms with Crippen molar-refractivity contribution in [2.75, 3.05) is 19.8 Å². The maximum Gasteiger partial charge on any atom is 0.190 e. The van der Waals surface area contributed by atoms with E-state index in [1.165, 1.54) is 12.1 Å². The zero-order valence-corrected chi connectivity index (χ0v) is 10.8. The number of aliphatic hydroxyl groups is 2. The molecular formula is C13H19F2NO3. The van der Waals surface area contributed by atoms with Crippen LogP contribution < -0.4 is 10.1 Å². The molecule has 1 unspecified atom stereocenters. The molecule has 108 valence electrons. The largest absolute Gasteiger partial charge is 0.485 e. The van der Waals surface area contributed by atoms with Crippen LogP contribution in [0.4, 0.5) is 8.78 Å². The Balaban J connectivity index is 2.68. The standard InChI is InChI=1S/C13H19F2NO3/c1-2-3-16-6-9-4-11(14)13(12(15)5-9)19-8-10(18)7-17/h4-5,10,16-18H,2-3,6-8H2,1H3. The molecule has 1 atom stereocenters. The van der Waals surface area contributed by atoms with Crippen LogP contribution >= 0.6 is 0 Å². The average molecular weight is 275 g/mol. The Bertz CT molecular complexity index is 378. The molecule has 0 radical (unpaired) electrons. The molecule has 1 rings (SSSR count). The van der Waals surface area contributed by atoms with E-state index in [4.69, 9.17) is 14.9 Å². The maximum atomic E-state index is 13.6. The van der Waals surface area contributed by atoms with Gasteiger partial charge >= 0.3 is 0 Å². The Labute approximate surface area is 111 Å². The molecule has 4 nitrogen and oxygen atoms in total. The lowest BCUT2D eigenvalue weighted by Gasteiger charge is -2.12. The summed E-state index contributed by atoms with van der Waals surface area (Å²) in [5.74, 6) is -2.18. The highest BCUT2D eigenvalue weighted by Gasteiger charge is 2.14. The second kappa shape index (κ2) is 8.04. The van der Waals surface area contributed by atoms with Gasteiger partial charge < -0.3 is 20.3 Å². The van der Waals surface area contributed by atoms with Crippen molar-refractivity contribution >= 4 is 0 Å². The zero-order chi connectivity index (χ0) is 14.3. The molecule has 0 aliphatic carbocycles. The van der Waals surface area contributed by atoms with Crippen molar-refractivity contribution < 1.29 is 23.7 Å². The third-order valence-corrected chi connectivity index (χ3v) is 2.44. The van der Waals surface area contributed by atoms with Crippen molar-refractivity contribution in [1.82, 2.24) is 5.32 Å². The summed E-state index contributed by atoms with van der Waals surface area (Å²) in [6, 6.07) is 2.37. The quantitative estimate of drug-likeness (QED) is 0.624. The second-order valence-corrected chi connectivity index (χ2v) is 4.21. The van der Waals surface area contributed by atoms with Crippen LogP contribution in [0.1, 0.15) is 18.9 Å². The number of hydrogen-bond acceptors (Lipinski definition) is 4. The minimum atomic E-state index is -1.16. The normalized spacial score (nSPS) is 12.5. The molecule has 3 N–H and O–H groups in total. The molecule has 1 aromatic carbocycles. The van der Waals surface area contributed by atoms with Gasteiger partial charge in [0.1, 0.15) is 12.7 Å². The molecule has 19 heavy (non-hydrogen) atoms. The van der Waals surface area contributed by atoms with Gasteiger partial charge in [-0.15, -0.1) is 0 Å². The first-order valence-electron chi connectivity index (χ1n) is 6.18. The third kappa shape index (κ3) is 5.10. The molecule has 0 saturated carbocycles. The number of nitrogens with one attached hydrogen (secondary N) is 1. The van der Waals surface area contributed by atoms with Crippen molar-refractivity contribution in [2.24, 2.45) is 0 Å². The fourth-order valence-corrected chi connectivity index (χ4v) is 1.49. The van der Waals surface area contributed by atoms with Gasteiger partial charge in [-0.2, -0.15) is 0 Å². The third-order valence-electron chi connectivity index (χ3n) is 2.44. The summed E-state index contributed by atoms with van der Waals surface area (Å²) in [5.41, 5.74) is 0.485. The number of hydrogen-bond donors (Lipinski definition) is 3. The Morgan fingerprint density at radius 1 is 1.32 bits per heavy atom. The molecule has 0 aliphatic heterocycles. The van der Waals surface area contributed by atoms with E-state index in [9.17, 15) is 8.78 Å². The van der Waals surface area contributed by atoms with Gasteiger partial charge in [-0.25, -0.2) is 8.78 Å². The van der Waals surface area contributed by atoms with Crippen LogP contribution in [-0.4, -0.2) is 36.1 Å². The van der Waals surface area contributed by atoms with Crippen molar-refractivity contribution in [3.8, 4) is 5.75 Å². The number of ether oxygens (including phenoxy) is 1. The van der Waals surface area contributed by atoms with E-state index in [1.807, 2.05) is 6.92 Å². The van der Waals surface area contributed by atoms with Crippen LogP contribution in [0.5, 0.6) is 5.75 Å². The van der Waals surface area contributed by atoms with Crippen molar-refractivity contribution in [3.05, 3.63) is 29.3 Å². The Hall–Kier alpha value is -1.24. The highest BCUT2D eigenvalue weighted by Crippen LogP contribution is 2.23. The number of aliphatic hydroxyl groups excluding tert-OH is 2. The summed E-state index contributed by atoms with van der Waals surface area (Å²) < 4.78 is 32.1. The van der Waals surface area contributed by atoms with Gasteiger partial charge in [0.2, 0.25) is 0 Å². The maximum absolute atomic E-state index is 13.6. The minimum Gasteiger partial charge on any atom is -0.485 e. The van der Waals surface area contributed by atoms with Crippen LogP contribution in [0, 0.1) is 11.6 Å². The van der Waals surface area contributed by atoms with E-state index in [2.05, 4.69) is 5.32 Å². The molecule has 0 aliphatic rings. The highest BCUT2D eigenvalue weighted by molar-refractivity contribution is 5.31. The summed E-state index contributed by atoms with van der Waals surface area (Å²) in [5, 5.41) is 20.7. The summed E-state index contributed by atoms with van der Waals surface area (Å²) in [6.45, 7) is 2.25. The van der Waals surface area contributed by atoms with Crippen LogP contribution in [0.15, 0.2) is 12.1 Å². The predicted molar refractivity (Wildman–Crippen MR) is 66.9 cm³/mol. The van der Waals surface area contributed by atoms with E-state index in [0.717, 1.165) is 13.0 Å². The summed E-state index contributed by atoms with van der Waals surface area (Å²) in [6.07, 6.45) is -0.227. The Morgan fingerprint density at radius 3 is 2.47 bits per heavy atom. The van der Waals surface area contributed by atoms with Gasteiger partial charge in [-0.3, -0.25) is 0 Å². The predicted octanol–water partition coefficient (Wildman–Crippen LogP) is 1.20. The van der Waals surface area contributed by atoms with Gasteiger partial charge in [0.25, 0.3) is 0 Å². The summed E-state index contributed by atoms with van der Waals surface area (Å²) in [7, 11) is 0. The molecule has 0 spiro atoms. The lowest BCUT2D eigenvalue weighted by atomic mass is 10.2. The van der Waals surface area contributed by atoms with Gasteiger partial charge in [0, 0.05) is 6.54 Å². The topological polar surface area (TPSA) is 61.7 Å². The van der Waals surface area contributed by atoms with Crippen LogP contribution in [0.2, 0.25) is 0 Å². The Kier molecular flexibility index (Phi) is 6.69. The molecule has 0 fully saturated rings.